The Morgan fingerprint density at radius 1 is 1.42 bits per heavy atom. The summed E-state index contributed by atoms with van der Waals surface area (Å²) in [6.07, 6.45) is 1.11. The summed E-state index contributed by atoms with van der Waals surface area (Å²) in [6.45, 7) is 0. The zero-order chi connectivity index (χ0) is 8.77. The van der Waals surface area contributed by atoms with Crippen LogP contribution >= 0.6 is 11.3 Å². The van der Waals surface area contributed by atoms with E-state index in [2.05, 4.69) is 20.4 Å². The Hall–Kier alpha value is -1.02. The second-order valence-electron chi connectivity index (χ2n) is 2.20. The molecule has 0 bridgehead atoms. The van der Waals surface area contributed by atoms with Gasteiger partial charge in [0.2, 0.25) is 19.8 Å². The molecule has 0 amide bonds. The predicted octanol–water partition coefficient (Wildman–Crippen LogP) is -0.182. The normalized spacial score (nSPS) is 12.4. The number of hydrogen-bond donors (Lipinski definition) is 1. The molecule has 0 aromatic carbocycles. The first kappa shape index (κ1) is 7.62. The quantitative estimate of drug-likeness (QED) is 0.696. The molecule has 0 saturated carbocycles. The Morgan fingerprint density at radius 3 is 2.75 bits per heavy atom. The van der Waals surface area contributed by atoms with E-state index in [0.717, 1.165) is 17.6 Å². The molecule has 0 aliphatic carbocycles. The molecule has 0 atom stereocenters. The molecule has 8 heteroatoms. The molecule has 12 heavy (non-hydrogen) atoms. The van der Waals surface area contributed by atoms with E-state index in [9.17, 15) is 8.42 Å². The molecule has 1 N–H and O–H groups in total. The molecule has 0 radical (unpaired) electrons. The Morgan fingerprint density at radius 2 is 2.17 bits per heavy atom. The number of aromatic nitrogens is 4. The highest BCUT2D eigenvalue weighted by atomic mass is 32.2. The molecule has 64 valence electrons. The lowest BCUT2D eigenvalue weighted by Gasteiger charge is -1.85. The average molecular weight is 204 g/mol. The molecule has 0 spiro atoms. The Labute approximate surface area is 71.5 Å². The van der Waals surface area contributed by atoms with Gasteiger partial charge in [-0.15, -0.1) is 10.2 Å². The average Bonchev–Trinajstić information content (AvgIpc) is 2.37. The predicted molar refractivity (Wildman–Crippen MR) is 42.7 cm³/mol. The van der Waals surface area contributed by atoms with Crippen LogP contribution < -0.4 is 0 Å². The van der Waals surface area contributed by atoms with Gasteiger partial charge >= 0.3 is 0 Å². The fourth-order valence-electron chi connectivity index (χ4n) is 0.707. The molecule has 0 fully saturated rings. The van der Waals surface area contributed by atoms with Gasteiger partial charge in [0, 0.05) is 6.26 Å². The first-order valence-corrected chi connectivity index (χ1v) is 5.65. The van der Waals surface area contributed by atoms with Crippen LogP contribution in [0.5, 0.6) is 0 Å². The standard InChI is InChI=1S/C4H4N4O2S2/c1-12(9,10)4-5-2-3(11-4)7-8-6-2/h1H3,(H,6,7,8). The van der Waals surface area contributed by atoms with Crippen LogP contribution in [0.15, 0.2) is 4.34 Å². The van der Waals surface area contributed by atoms with Crippen LogP contribution in [0.3, 0.4) is 0 Å². The van der Waals surface area contributed by atoms with Crippen molar-refractivity contribution in [3.05, 3.63) is 0 Å². The summed E-state index contributed by atoms with van der Waals surface area (Å²) in [5.41, 5.74) is 0.348. The molecule has 0 aliphatic heterocycles. The van der Waals surface area contributed by atoms with Crippen LogP contribution in [-0.4, -0.2) is 35.1 Å². The molecule has 6 nitrogen and oxygen atoms in total. The number of nitrogens with zero attached hydrogens (tertiary/aromatic N) is 3. The fraction of sp³-hybridized carbons (Fsp3) is 0.250. The van der Waals surface area contributed by atoms with Crippen molar-refractivity contribution in [3.8, 4) is 0 Å². The molecular weight excluding hydrogens is 200 g/mol. The number of aromatic amines is 1. The molecule has 2 aromatic rings. The van der Waals surface area contributed by atoms with E-state index >= 15 is 0 Å². The van der Waals surface area contributed by atoms with E-state index < -0.39 is 9.84 Å². The molecule has 0 unspecified atom stereocenters. The van der Waals surface area contributed by atoms with E-state index in [1.165, 1.54) is 0 Å². The van der Waals surface area contributed by atoms with Gasteiger partial charge in [0.15, 0.2) is 4.83 Å². The Kier molecular flexibility index (Phi) is 1.42. The van der Waals surface area contributed by atoms with E-state index in [1.807, 2.05) is 0 Å². The summed E-state index contributed by atoms with van der Waals surface area (Å²) in [5.74, 6) is 0. The summed E-state index contributed by atoms with van der Waals surface area (Å²) < 4.78 is 22.0. The summed E-state index contributed by atoms with van der Waals surface area (Å²) in [4.78, 5) is 4.28. The monoisotopic (exact) mass is 204 g/mol. The van der Waals surface area contributed by atoms with Crippen molar-refractivity contribution >= 4 is 31.7 Å². The zero-order valence-corrected chi connectivity index (χ0v) is 7.61. The highest BCUT2D eigenvalue weighted by Gasteiger charge is 2.15. The molecule has 2 rings (SSSR count). The maximum absolute atomic E-state index is 11.0. The zero-order valence-electron chi connectivity index (χ0n) is 5.97. The number of nitrogens with one attached hydrogen (secondary N) is 1. The summed E-state index contributed by atoms with van der Waals surface area (Å²) in [7, 11) is -3.22. The molecule has 2 aromatic heterocycles. The number of H-pyrrole nitrogens is 1. The van der Waals surface area contributed by atoms with Gasteiger partial charge in [-0.25, -0.2) is 13.4 Å². The summed E-state index contributed by atoms with van der Waals surface area (Å²) in [5, 5.41) is 9.71. The molecular formula is C4H4N4O2S2. The van der Waals surface area contributed by atoms with Crippen LogP contribution in [0.2, 0.25) is 0 Å². The van der Waals surface area contributed by atoms with Crippen molar-refractivity contribution < 1.29 is 8.42 Å². The van der Waals surface area contributed by atoms with Crippen LogP contribution in [0, 0.1) is 0 Å². The van der Waals surface area contributed by atoms with Crippen molar-refractivity contribution in [1.82, 2.24) is 20.4 Å². The van der Waals surface area contributed by atoms with Crippen LogP contribution in [0.1, 0.15) is 0 Å². The van der Waals surface area contributed by atoms with Gasteiger partial charge in [-0.05, 0) is 0 Å². The maximum Gasteiger partial charge on any atom is 0.214 e. The van der Waals surface area contributed by atoms with E-state index in [0.29, 0.717) is 10.5 Å². The first-order chi connectivity index (χ1) is 5.57. The van der Waals surface area contributed by atoms with Crippen molar-refractivity contribution in [3.63, 3.8) is 0 Å². The number of hydrogen-bond acceptors (Lipinski definition) is 6. The number of rotatable bonds is 1. The largest absolute Gasteiger partial charge is 0.222 e. The SMILES string of the molecule is CS(=O)(=O)c1nc2n[nH]nc2s1. The third kappa shape index (κ3) is 1.08. The first-order valence-electron chi connectivity index (χ1n) is 2.95. The van der Waals surface area contributed by atoms with E-state index in [-0.39, 0.29) is 4.34 Å². The number of fused-ring (bicyclic) bond motifs is 1. The minimum Gasteiger partial charge on any atom is -0.222 e. The third-order valence-corrected chi connectivity index (χ3v) is 3.81. The van der Waals surface area contributed by atoms with Gasteiger partial charge in [-0.2, -0.15) is 5.21 Å². The van der Waals surface area contributed by atoms with Crippen molar-refractivity contribution in [2.45, 2.75) is 4.34 Å². The van der Waals surface area contributed by atoms with Gasteiger partial charge in [-0.1, -0.05) is 11.3 Å². The lowest BCUT2D eigenvalue weighted by atomic mass is 10.8. The minimum absolute atomic E-state index is 0.0569. The smallest absolute Gasteiger partial charge is 0.214 e. The van der Waals surface area contributed by atoms with Crippen molar-refractivity contribution in [1.29, 1.82) is 0 Å². The molecule has 0 saturated heterocycles. The summed E-state index contributed by atoms with van der Waals surface area (Å²) >= 11 is 1.01. The highest BCUT2D eigenvalue weighted by Crippen LogP contribution is 2.20. The topological polar surface area (TPSA) is 88.6 Å². The van der Waals surface area contributed by atoms with Crippen LogP contribution in [0.4, 0.5) is 0 Å². The van der Waals surface area contributed by atoms with Crippen molar-refractivity contribution in [2.24, 2.45) is 0 Å². The second-order valence-corrected chi connectivity index (χ2v) is 5.37. The lowest BCUT2D eigenvalue weighted by molar-refractivity contribution is 0.601. The molecule has 2 heterocycles. The Bertz CT molecular complexity index is 481. The van der Waals surface area contributed by atoms with Gasteiger partial charge in [0.25, 0.3) is 0 Å². The summed E-state index contributed by atoms with van der Waals surface area (Å²) in [6, 6.07) is 0. The maximum atomic E-state index is 11.0. The lowest BCUT2D eigenvalue weighted by Crippen LogP contribution is -1.95. The highest BCUT2D eigenvalue weighted by molar-refractivity contribution is 7.92. The van der Waals surface area contributed by atoms with Gasteiger partial charge in [-0.3, -0.25) is 0 Å². The second kappa shape index (κ2) is 2.23. The van der Waals surface area contributed by atoms with Gasteiger partial charge in [0.1, 0.15) is 0 Å². The number of sulfone groups is 1. The van der Waals surface area contributed by atoms with Crippen LogP contribution in [0.25, 0.3) is 10.5 Å². The van der Waals surface area contributed by atoms with E-state index in [1.54, 1.807) is 0 Å². The van der Waals surface area contributed by atoms with Crippen LogP contribution in [-0.2, 0) is 9.84 Å². The van der Waals surface area contributed by atoms with E-state index in [4.69, 9.17) is 0 Å². The number of thiazole rings is 1. The third-order valence-electron chi connectivity index (χ3n) is 1.20. The molecule has 0 aliphatic rings. The Balaban J connectivity index is 2.75. The van der Waals surface area contributed by atoms with Gasteiger partial charge in [0.05, 0.1) is 0 Å². The van der Waals surface area contributed by atoms with Crippen molar-refractivity contribution in [2.75, 3.05) is 6.26 Å². The minimum atomic E-state index is -3.22. The van der Waals surface area contributed by atoms with Gasteiger partial charge < -0.3 is 0 Å². The fourth-order valence-corrected chi connectivity index (χ4v) is 2.37.